The first-order valence-corrected chi connectivity index (χ1v) is 10.3. The van der Waals surface area contributed by atoms with Crippen molar-refractivity contribution in [3.8, 4) is 0 Å². The minimum atomic E-state index is -4.54. The van der Waals surface area contributed by atoms with Crippen LogP contribution in [0.4, 0.5) is 0 Å². The summed E-state index contributed by atoms with van der Waals surface area (Å²) < 4.78 is 35.2. The molecule has 0 spiro atoms. The summed E-state index contributed by atoms with van der Waals surface area (Å²) in [5.74, 6) is 0. The van der Waals surface area contributed by atoms with Gasteiger partial charge in [0.05, 0.1) is 6.61 Å². The van der Waals surface area contributed by atoms with E-state index >= 15 is 0 Å². The van der Waals surface area contributed by atoms with E-state index in [1.165, 1.54) is 26.9 Å². The molecule has 2 rings (SSSR count). The summed E-state index contributed by atoms with van der Waals surface area (Å²) in [6, 6.07) is 12.2. The van der Waals surface area contributed by atoms with Crippen LogP contribution in [0.25, 0.3) is 0 Å². The van der Waals surface area contributed by atoms with Gasteiger partial charge in [0.15, 0.2) is 0 Å². The SMILES string of the molecule is CCC(C)(C)c1ccc(I)cc1.O=S(=O)([O-])OCc1cccs1. The Kier molecular flexibility index (Phi) is 8.15. The molecular formula is C16H20IO4S2-. The predicted molar refractivity (Wildman–Crippen MR) is 101 cm³/mol. The van der Waals surface area contributed by atoms with Gasteiger partial charge >= 0.3 is 0 Å². The van der Waals surface area contributed by atoms with Crippen molar-refractivity contribution in [3.05, 3.63) is 55.8 Å². The quantitative estimate of drug-likeness (QED) is 0.363. The van der Waals surface area contributed by atoms with E-state index in [4.69, 9.17) is 0 Å². The molecule has 0 bridgehead atoms. The molecule has 7 heteroatoms. The van der Waals surface area contributed by atoms with Gasteiger partial charge in [-0.05, 0) is 63.6 Å². The fourth-order valence-corrected chi connectivity index (χ4v) is 2.95. The van der Waals surface area contributed by atoms with E-state index < -0.39 is 10.4 Å². The molecule has 0 saturated carbocycles. The highest BCUT2D eigenvalue weighted by atomic mass is 127. The molecular weight excluding hydrogens is 447 g/mol. The number of rotatable bonds is 5. The second kappa shape index (κ2) is 9.12. The molecule has 0 aliphatic heterocycles. The third kappa shape index (κ3) is 8.25. The highest BCUT2D eigenvalue weighted by molar-refractivity contribution is 14.1. The molecule has 0 N–H and O–H groups in total. The molecule has 0 unspecified atom stereocenters. The summed E-state index contributed by atoms with van der Waals surface area (Å²) in [4.78, 5) is 0.712. The topological polar surface area (TPSA) is 66.4 Å². The van der Waals surface area contributed by atoms with Crippen molar-refractivity contribution in [1.82, 2.24) is 0 Å². The lowest BCUT2D eigenvalue weighted by molar-refractivity contribution is 0.255. The second-order valence-corrected chi connectivity index (χ2v) is 8.82. The standard InChI is InChI=1S/C11H15I.C5H6O4S2/c1-4-11(2,3)9-5-7-10(12)8-6-9;6-11(7,8)9-4-5-2-1-3-10-5/h5-8H,4H2,1-3H3;1-3H,4H2,(H,6,7,8)/p-1. The van der Waals surface area contributed by atoms with Gasteiger partial charge in [-0.15, -0.1) is 11.3 Å². The third-order valence-electron chi connectivity index (χ3n) is 3.44. The maximum atomic E-state index is 9.95. The maximum Gasteiger partial charge on any atom is 0.217 e. The van der Waals surface area contributed by atoms with Crippen molar-refractivity contribution in [3.63, 3.8) is 0 Å². The van der Waals surface area contributed by atoms with E-state index in [2.05, 4.69) is 71.8 Å². The molecule has 1 aromatic carbocycles. The summed E-state index contributed by atoms with van der Waals surface area (Å²) in [7, 11) is -4.54. The predicted octanol–water partition coefficient (Wildman–Crippen LogP) is 4.70. The van der Waals surface area contributed by atoms with Gasteiger partial charge in [-0.1, -0.05) is 39.0 Å². The van der Waals surface area contributed by atoms with Crippen LogP contribution in [0.15, 0.2) is 41.8 Å². The number of halogens is 1. The van der Waals surface area contributed by atoms with Crippen molar-refractivity contribution < 1.29 is 17.2 Å². The Morgan fingerprint density at radius 2 is 1.83 bits per heavy atom. The molecule has 0 aliphatic rings. The minimum absolute atomic E-state index is 0.163. The van der Waals surface area contributed by atoms with Gasteiger partial charge < -0.3 is 4.55 Å². The number of benzene rings is 1. The van der Waals surface area contributed by atoms with Crippen molar-refractivity contribution in [2.75, 3.05) is 0 Å². The Hall–Kier alpha value is -0.480. The van der Waals surface area contributed by atoms with Crippen LogP contribution in [0.2, 0.25) is 0 Å². The zero-order valence-corrected chi connectivity index (χ0v) is 17.1. The van der Waals surface area contributed by atoms with Crippen LogP contribution in [0, 0.1) is 3.57 Å². The molecule has 1 aromatic heterocycles. The third-order valence-corrected chi connectivity index (χ3v) is 5.41. The highest BCUT2D eigenvalue weighted by Gasteiger charge is 2.16. The number of hydrogen-bond donors (Lipinski definition) is 0. The van der Waals surface area contributed by atoms with E-state index in [9.17, 15) is 13.0 Å². The zero-order chi connectivity index (χ0) is 17.5. The summed E-state index contributed by atoms with van der Waals surface area (Å²) in [5, 5.41) is 1.77. The largest absolute Gasteiger partial charge is 0.726 e. The van der Waals surface area contributed by atoms with Gasteiger partial charge in [0.2, 0.25) is 10.4 Å². The lowest BCUT2D eigenvalue weighted by Gasteiger charge is -2.23. The Labute approximate surface area is 156 Å². The van der Waals surface area contributed by atoms with Crippen LogP contribution >= 0.6 is 33.9 Å². The Morgan fingerprint density at radius 3 is 2.26 bits per heavy atom. The number of thiophene rings is 1. The van der Waals surface area contributed by atoms with Crippen molar-refractivity contribution in [1.29, 1.82) is 0 Å². The van der Waals surface area contributed by atoms with Crippen LogP contribution in [0.3, 0.4) is 0 Å². The lowest BCUT2D eigenvalue weighted by Crippen LogP contribution is -2.14. The average Bonchev–Trinajstić information content (AvgIpc) is 2.99. The smallest absolute Gasteiger partial charge is 0.217 e. The van der Waals surface area contributed by atoms with Crippen LogP contribution < -0.4 is 0 Å². The molecule has 4 nitrogen and oxygen atoms in total. The second-order valence-electron chi connectivity index (χ2n) is 5.49. The highest BCUT2D eigenvalue weighted by Crippen LogP contribution is 2.26. The Morgan fingerprint density at radius 1 is 1.22 bits per heavy atom. The monoisotopic (exact) mass is 467 g/mol. The summed E-state index contributed by atoms with van der Waals surface area (Å²) in [6.07, 6.45) is 1.19. The molecule has 2 aromatic rings. The fourth-order valence-electron chi connectivity index (χ4n) is 1.63. The first-order chi connectivity index (χ1) is 10.6. The zero-order valence-electron chi connectivity index (χ0n) is 13.3. The Bertz CT molecular complexity index is 677. The van der Waals surface area contributed by atoms with Gasteiger partial charge in [-0.25, -0.2) is 8.42 Å². The van der Waals surface area contributed by atoms with Gasteiger partial charge in [0, 0.05) is 8.45 Å². The Balaban J connectivity index is 0.000000231. The molecule has 1 heterocycles. The van der Waals surface area contributed by atoms with Crippen LogP contribution in [0.5, 0.6) is 0 Å². The van der Waals surface area contributed by atoms with E-state index in [-0.39, 0.29) is 6.61 Å². The average molecular weight is 467 g/mol. The van der Waals surface area contributed by atoms with E-state index in [0.717, 1.165) is 0 Å². The fraction of sp³-hybridized carbons (Fsp3) is 0.375. The molecule has 0 saturated heterocycles. The van der Waals surface area contributed by atoms with E-state index in [0.29, 0.717) is 10.3 Å². The van der Waals surface area contributed by atoms with Crippen LogP contribution in [-0.2, 0) is 26.6 Å². The van der Waals surface area contributed by atoms with E-state index in [1.807, 2.05) is 0 Å². The minimum Gasteiger partial charge on any atom is -0.726 e. The van der Waals surface area contributed by atoms with Crippen molar-refractivity contribution in [2.24, 2.45) is 0 Å². The van der Waals surface area contributed by atoms with Gasteiger partial charge in [-0.3, -0.25) is 4.18 Å². The molecule has 128 valence electrons. The molecule has 0 atom stereocenters. The normalized spacial score (nSPS) is 11.7. The van der Waals surface area contributed by atoms with E-state index in [1.54, 1.807) is 17.5 Å². The summed E-state index contributed by atoms with van der Waals surface area (Å²) >= 11 is 3.67. The van der Waals surface area contributed by atoms with Crippen LogP contribution in [-0.4, -0.2) is 13.0 Å². The van der Waals surface area contributed by atoms with Gasteiger partial charge in [-0.2, -0.15) is 0 Å². The lowest BCUT2D eigenvalue weighted by atomic mass is 9.82. The molecule has 0 fully saturated rings. The van der Waals surface area contributed by atoms with Gasteiger partial charge in [0.1, 0.15) is 0 Å². The van der Waals surface area contributed by atoms with Crippen molar-refractivity contribution in [2.45, 2.75) is 39.2 Å². The molecule has 0 aliphatic carbocycles. The summed E-state index contributed by atoms with van der Waals surface area (Å²) in [5.41, 5.74) is 1.76. The van der Waals surface area contributed by atoms with Crippen molar-refractivity contribution >= 4 is 44.3 Å². The first kappa shape index (κ1) is 20.6. The molecule has 0 radical (unpaired) electrons. The summed E-state index contributed by atoms with van der Waals surface area (Å²) in [6.45, 7) is 6.64. The number of hydrogen-bond acceptors (Lipinski definition) is 5. The van der Waals surface area contributed by atoms with Gasteiger partial charge in [0.25, 0.3) is 0 Å². The maximum absolute atomic E-state index is 9.95. The molecule has 0 amide bonds. The first-order valence-electron chi connectivity index (χ1n) is 7.03. The van der Waals surface area contributed by atoms with Crippen LogP contribution in [0.1, 0.15) is 37.6 Å². The molecule has 23 heavy (non-hydrogen) atoms.